The molecule has 19 heavy (non-hydrogen) atoms. The van der Waals surface area contributed by atoms with Crippen LogP contribution in [0.1, 0.15) is 23.7 Å². The highest BCUT2D eigenvalue weighted by Crippen LogP contribution is 2.35. The molecule has 0 spiro atoms. The minimum atomic E-state index is 0.659. The zero-order valence-corrected chi connectivity index (χ0v) is 12.8. The van der Waals surface area contributed by atoms with E-state index in [1.807, 2.05) is 0 Å². The van der Waals surface area contributed by atoms with Crippen molar-refractivity contribution in [2.24, 2.45) is 0 Å². The first-order chi connectivity index (χ1) is 9.20. The van der Waals surface area contributed by atoms with Crippen molar-refractivity contribution < 1.29 is 4.74 Å². The van der Waals surface area contributed by atoms with Gasteiger partial charge in [0, 0.05) is 28.4 Å². The third kappa shape index (κ3) is 2.23. The van der Waals surface area contributed by atoms with Gasteiger partial charge in [-0.1, -0.05) is 0 Å². The second-order valence-corrected chi connectivity index (χ2v) is 5.74. The Bertz CT molecular complexity index is 640. The second-order valence-electron chi connectivity index (χ2n) is 4.89. The zero-order chi connectivity index (χ0) is 13.4. The molecule has 1 aromatic heterocycles. The highest BCUT2D eigenvalue weighted by atomic mass is 79.9. The molecule has 3 rings (SSSR count). The third-order valence-corrected chi connectivity index (χ3v) is 4.06. The van der Waals surface area contributed by atoms with E-state index in [2.05, 4.69) is 47.2 Å². The van der Waals surface area contributed by atoms with E-state index in [9.17, 15) is 0 Å². The monoisotopic (exact) mass is 320 g/mol. The Kier molecular flexibility index (Phi) is 3.46. The van der Waals surface area contributed by atoms with E-state index in [0.29, 0.717) is 6.61 Å². The molecule has 0 saturated heterocycles. The van der Waals surface area contributed by atoms with Crippen molar-refractivity contribution in [2.75, 3.05) is 18.5 Å². The van der Waals surface area contributed by atoms with Gasteiger partial charge in [-0.3, -0.25) is 4.98 Å². The fourth-order valence-corrected chi connectivity index (χ4v) is 3.30. The predicted molar refractivity (Wildman–Crippen MR) is 81.7 cm³/mol. The van der Waals surface area contributed by atoms with Crippen LogP contribution < -0.4 is 5.32 Å². The number of nitrogens with one attached hydrogen (secondary N) is 1. The summed E-state index contributed by atoms with van der Waals surface area (Å²) in [4.78, 5) is 4.83. The van der Waals surface area contributed by atoms with Gasteiger partial charge in [-0.2, -0.15) is 0 Å². The van der Waals surface area contributed by atoms with Crippen LogP contribution in [0, 0.1) is 6.92 Å². The highest BCUT2D eigenvalue weighted by Gasteiger charge is 2.19. The molecule has 4 heteroatoms. The van der Waals surface area contributed by atoms with Gasteiger partial charge in [-0.05, 0) is 47.5 Å². The molecule has 1 aliphatic heterocycles. The number of aromatic nitrogens is 1. The molecule has 2 aromatic rings. The second kappa shape index (κ2) is 5.10. The van der Waals surface area contributed by atoms with Crippen molar-refractivity contribution in [1.82, 2.24) is 4.98 Å². The number of anilines is 1. The van der Waals surface area contributed by atoms with Gasteiger partial charge in [0.15, 0.2) is 0 Å². The third-order valence-electron chi connectivity index (χ3n) is 3.46. The van der Waals surface area contributed by atoms with Crippen LogP contribution in [0.3, 0.4) is 0 Å². The minimum absolute atomic E-state index is 0.659. The number of halogens is 1. The molecular weight excluding hydrogens is 304 g/mol. The van der Waals surface area contributed by atoms with Gasteiger partial charge < -0.3 is 10.1 Å². The first-order valence-corrected chi connectivity index (χ1v) is 7.43. The molecule has 0 radical (unpaired) electrons. The maximum atomic E-state index is 5.60. The molecular formula is C15H17BrN2O. The molecule has 1 N–H and O–H groups in total. The highest BCUT2D eigenvalue weighted by molar-refractivity contribution is 9.10. The maximum absolute atomic E-state index is 5.60. The number of fused-ring (bicyclic) bond motifs is 2. The summed E-state index contributed by atoms with van der Waals surface area (Å²) in [7, 11) is 0. The Hall–Kier alpha value is -1.13. The maximum Gasteiger partial charge on any atom is 0.0868 e. The van der Waals surface area contributed by atoms with Gasteiger partial charge in [0.1, 0.15) is 0 Å². The SMILES string of the molecule is CCNc1c2c(nc3c(Br)cc(C)cc13)CCOC2. The van der Waals surface area contributed by atoms with Crippen molar-refractivity contribution in [3.63, 3.8) is 0 Å². The van der Waals surface area contributed by atoms with Crippen molar-refractivity contribution in [2.45, 2.75) is 26.9 Å². The summed E-state index contributed by atoms with van der Waals surface area (Å²) < 4.78 is 6.67. The Morgan fingerprint density at radius 3 is 3.05 bits per heavy atom. The smallest absolute Gasteiger partial charge is 0.0868 e. The molecule has 0 aliphatic carbocycles. The van der Waals surface area contributed by atoms with Crippen LogP contribution in [0.2, 0.25) is 0 Å². The van der Waals surface area contributed by atoms with Crippen LogP contribution in [0.5, 0.6) is 0 Å². The average molecular weight is 321 g/mol. The van der Waals surface area contributed by atoms with Gasteiger partial charge in [-0.25, -0.2) is 0 Å². The lowest BCUT2D eigenvalue weighted by molar-refractivity contribution is 0.110. The number of rotatable bonds is 2. The first-order valence-electron chi connectivity index (χ1n) is 6.64. The number of aryl methyl sites for hydroxylation is 1. The van der Waals surface area contributed by atoms with Gasteiger partial charge in [0.25, 0.3) is 0 Å². The normalized spacial score (nSPS) is 14.5. The van der Waals surface area contributed by atoms with Crippen molar-refractivity contribution in [3.05, 3.63) is 33.4 Å². The van der Waals surface area contributed by atoms with E-state index >= 15 is 0 Å². The molecule has 0 bridgehead atoms. The molecule has 2 heterocycles. The lowest BCUT2D eigenvalue weighted by Gasteiger charge is -2.22. The van der Waals surface area contributed by atoms with E-state index in [1.54, 1.807) is 0 Å². The van der Waals surface area contributed by atoms with Crippen LogP contribution in [0.4, 0.5) is 5.69 Å². The fraction of sp³-hybridized carbons (Fsp3) is 0.400. The molecule has 1 aliphatic rings. The summed E-state index contributed by atoms with van der Waals surface area (Å²) in [5.74, 6) is 0. The summed E-state index contributed by atoms with van der Waals surface area (Å²) >= 11 is 3.64. The van der Waals surface area contributed by atoms with E-state index in [0.717, 1.165) is 29.6 Å². The molecule has 100 valence electrons. The zero-order valence-electron chi connectivity index (χ0n) is 11.2. The number of pyridine rings is 1. The molecule has 0 amide bonds. The van der Waals surface area contributed by atoms with Crippen LogP contribution in [-0.4, -0.2) is 18.1 Å². The number of nitrogens with zero attached hydrogens (tertiary/aromatic N) is 1. The molecule has 0 unspecified atom stereocenters. The van der Waals surface area contributed by atoms with Crippen molar-refractivity contribution in [3.8, 4) is 0 Å². The van der Waals surface area contributed by atoms with E-state index in [-0.39, 0.29) is 0 Å². The average Bonchev–Trinajstić information content (AvgIpc) is 2.40. The van der Waals surface area contributed by atoms with Crippen LogP contribution in [-0.2, 0) is 17.8 Å². The van der Waals surface area contributed by atoms with Crippen LogP contribution in [0.15, 0.2) is 16.6 Å². The van der Waals surface area contributed by atoms with Crippen LogP contribution in [0.25, 0.3) is 10.9 Å². The topological polar surface area (TPSA) is 34.2 Å². The van der Waals surface area contributed by atoms with Gasteiger partial charge in [0.2, 0.25) is 0 Å². The quantitative estimate of drug-likeness (QED) is 0.913. The standard InChI is InChI=1S/C15H17BrN2O/c1-3-17-14-10-6-9(2)7-12(16)15(10)18-13-4-5-19-8-11(13)14/h6-7H,3-5,8H2,1-2H3,(H,17,18). The molecule has 0 atom stereocenters. The fourth-order valence-electron chi connectivity index (χ4n) is 2.63. The predicted octanol–water partition coefficient (Wildman–Crippen LogP) is 3.81. The summed E-state index contributed by atoms with van der Waals surface area (Å²) in [6.07, 6.45) is 0.893. The molecule has 0 saturated carbocycles. The largest absolute Gasteiger partial charge is 0.384 e. The number of ether oxygens (including phenoxy) is 1. The Morgan fingerprint density at radius 1 is 1.42 bits per heavy atom. The van der Waals surface area contributed by atoms with E-state index in [1.165, 1.54) is 27.9 Å². The van der Waals surface area contributed by atoms with Crippen LogP contribution >= 0.6 is 15.9 Å². The Labute approximate surface area is 121 Å². The Balaban J connectivity index is 2.35. The van der Waals surface area contributed by atoms with E-state index < -0.39 is 0 Å². The molecule has 1 aromatic carbocycles. The summed E-state index contributed by atoms with van der Waals surface area (Å²) in [6, 6.07) is 4.32. The number of hydrogen-bond donors (Lipinski definition) is 1. The van der Waals surface area contributed by atoms with Crippen molar-refractivity contribution in [1.29, 1.82) is 0 Å². The lowest BCUT2D eigenvalue weighted by Crippen LogP contribution is -2.15. The van der Waals surface area contributed by atoms with Gasteiger partial charge in [-0.15, -0.1) is 0 Å². The number of hydrogen-bond acceptors (Lipinski definition) is 3. The van der Waals surface area contributed by atoms with Gasteiger partial charge in [0.05, 0.1) is 30.1 Å². The van der Waals surface area contributed by atoms with Gasteiger partial charge >= 0.3 is 0 Å². The number of benzene rings is 1. The van der Waals surface area contributed by atoms with E-state index in [4.69, 9.17) is 9.72 Å². The van der Waals surface area contributed by atoms with Crippen molar-refractivity contribution >= 4 is 32.5 Å². The molecule has 3 nitrogen and oxygen atoms in total. The summed E-state index contributed by atoms with van der Waals surface area (Å²) in [6.45, 7) is 6.55. The lowest BCUT2D eigenvalue weighted by atomic mass is 10.0. The Morgan fingerprint density at radius 2 is 2.26 bits per heavy atom. The molecule has 0 fully saturated rings. The minimum Gasteiger partial charge on any atom is -0.384 e. The summed E-state index contributed by atoms with van der Waals surface area (Å²) in [5.41, 5.74) is 5.85. The summed E-state index contributed by atoms with van der Waals surface area (Å²) in [5, 5.41) is 4.67. The first kappa shape index (κ1) is 12.9.